The van der Waals surface area contributed by atoms with Crippen molar-refractivity contribution in [3.8, 4) is 23.1 Å². The lowest BCUT2D eigenvalue weighted by atomic mass is 10.1. The van der Waals surface area contributed by atoms with Crippen LogP contribution in [0.15, 0.2) is 48.5 Å². The van der Waals surface area contributed by atoms with E-state index in [0.29, 0.717) is 21.6 Å². The van der Waals surface area contributed by atoms with Crippen molar-refractivity contribution in [2.75, 3.05) is 12.8 Å². The molecule has 0 saturated carbocycles. The highest BCUT2D eigenvalue weighted by atomic mass is 19.4. The van der Waals surface area contributed by atoms with Crippen LogP contribution in [0.4, 0.5) is 19.0 Å². The number of carbonyl (C=O) groups is 1. The first kappa shape index (κ1) is 21.7. The fourth-order valence-corrected chi connectivity index (χ4v) is 2.97. The molecule has 31 heavy (non-hydrogen) atoms. The molecule has 0 atom stereocenters. The third-order valence-electron chi connectivity index (χ3n) is 4.46. The lowest BCUT2D eigenvalue weighted by Gasteiger charge is -2.09. The zero-order valence-corrected chi connectivity index (χ0v) is 16.4. The summed E-state index contributed by atoms with van der Waals surface area (Å²) in [5.41, 5.74) is 7.18. The highest BCUT2D eigenvalue weighted by Gasteiger charge is 2.31. The molecule has 0 unspecified atom stereocenters. The Bertz CT molecular complexity index is 1130. The fraction of sp³-hybridized carbons (Fsp3) is 0.190. The topological polar surface area (TPSA) is 106 Å². The Kier molecular flexibility index (Phi) is 6.15. The third-order valence-corrected chi connectivity index (χ3v) is 4.46. The lowest BCUT2D eigenvalue weighted by molar-refractivity contribution is -0.142. The van der Waals surface area contributed by atoms with Gasteiger partial charge >= 0.3 is 6.18 Å². The number of nitriles is 1. The highest BCUT2D eigenvalue weighted by molar-refractivity contribution is 5.96. The maximum atomic E-state index is 12.7. The van der Waals surface area contributed by atoms with Crippen LogP contribution in [-0.2, 0) is 13.1 Å². The minimum atomic E-state index is -4.52. The summed E-state index contributed by atoms with van der Waals surface area (Å²) in [7, 11) is 1.48. The second kappa shape index (κ2) is 8.79. The predicted molar refractivity (Wildman–Crippen MR) is 107 cm³/mol. The zero-order chi connectivity index (χ0) is 22.6. The van der Waals surface area contributed by atoms with E-state index < -0.39 is 12.7 Å². The van der Waals surface area contributed by atoms with E-state index in [0.717, 1.165) is 5.56 Å². The predicted octanol–water partition coefficient (Wildman–Crippen LogP) is 3.50. The van der Waals surface area contributed by atoms with Gasteiger partial charge in [0.25, 0.3) is 5.91 Å². The molecular formula is C21H18F3N5O2. The third kappa shape index (κ3) is 4.95. The molecule has 0 saturated heterocycles. The number of benzene rings is 2. The van der Waals surface area contributed by atoms with Crippen LogP contribution in [0.5, 0.6) is 5.75 Å². The monoisotopic (exact) mass is 429 g/mol. The molecule has 2 aromatic carbocycles. The van der Waals surface area contributed by atoms with Crippen molar-refractivity contribution in [3.05, 3.63) is 65.2 Å². The number of nitrogens with one attached hydrogen (secondary N) is 1. The number of alkyl halides is 3. The molecule has 0 radical (unpaired) electrons. The molecule has 1 amide bonds. The first-order valence-electron chi connectivity index (χ1n) is 9.07. The number of aromatic nitrogens is 2. The zero-order valence-electron chi connectivity index (χ0n) is 16.4. The summed E-state index contributed by atoms with van der Waals surface area (Å²) < 4.78 is 43.8. The fourth-order valence-electron chi connectivity index (χ4n) is 2.97. The minimum absolute atomic E-state index is 0.0638. The van der Waals surface area contributed by atoms with Crippen LogP contribution in [-0.4, -0.2) is 29.0 Å². The average molecular weight is 429 g/mol. The van der Waals surface area contributed by atoms with Crippen LogP contribution in [0.25, 0.3) is 11.3 Å². The van der Waals surface area contributed by atoms with Crippen molar-refractivity contribution in [3.63, 3.8) is 0 Å². The van der Waals surface area contributed by atoms with E-state index in [2.05, 4.69) is 10.4 Å². The molecule has 160 valence electrons. The Labute approximate surface area is 175 Å². The number of rotatable bonds is 6. The van der Waals surface area contributed by atoms with Crippen LogP contribution < -0.4 is 15.8 Å². The van der Waals surface area contributed by atoms with E-state index in [-0.39, 0.29) is 29.5 Å². The molecular weight excluding hydrogens is 411 g/mol. The molecule has 3 aromatic rings. The van der Waals surface area contributed by atoms with Gasteiger partial charge in [0.2, 0.25) is 0 Å². The maximum Gasteiger partial charge on any atom is 0.408 e. The number of carbonyl (C=O) groups excluding carboxylic acids is 1. The number of nitrogens with two attached hydrogens (primary N) is 1. The van der Waals surface area contributed by atoms with E-state index in [1.54, 1.807) is 48.5 Å². The lowest BCUT2D eigenvalue weighted by Crippen LogP contribution is -2.23. The van der Waals surface area contributed by atoms with E-state index in [4.69, 9.17) is 10.5 Å². The van der Waals surface area contributed by atoms with Gasteiger partial charge in [0.05, 0.1) is 12.7 Å². The van der Waals surface area contributed by atoms with Crippen molar-refractivity contribution in [1.82, 2.24) is 15.1 Å². The Morgan fingerprint density at radius 3 is 2.52 bits per heavy atom. The normalized spacial score (nSPS) is 11.1. The van der Waals surface area contributed by atoms with E-state index >= 15 is 0 Å². The Balaban J connectivity index is 1.76. The molecule has 3 rings (SSSR count). The standard InChI is InChI=1S/C21H18F3N5O2/c1-31-17-5-3-2-4-15(17)20(30)27-11-13-6-8-14(9-7-13)18-16(10-25)19(26)29(28-18)12-21(22,23)24/h2-9H,11-12,26H2,1H3,(H,27,30). The van der Waals surface area contributed by atoms with Gasteiger partial charge in [0, 0.05) is 12.1 Å². The van der Waals surface area contributed by atoms with Gasteiger partial charge < -0.3 is 15.8 Å². The molecule has 0 aliphatic carbocycles. The van der Waals surface area contributed by atoms with Crippen molar-refractivity contribution in [2.45, 2.75) is 19.3 Å². The molecule has 7 nitrogen and oxygen atoms in total. The van der Waals surface area contributed by atoms with Gasteiger partial charge in [-0.2, -0.15) is 23.5 Å². The van der Waals surface area contributed by atoms with Crippen molar-refractivity contribution in [1.29, 1.82) is 5.26 Å². The molecule has 1 heterocycles. The van der Waals surface area contributed by atoms with Gasteiger partial charge in [-0.05, 0) is 17.7 Å². The van der Waals surface area contributed by atoms with Crippen molar-refractivity contribution >= 4 is 11.7 Å². The second-order valence-electron chi connectivity index (χ2n) is 6.57. The van der Waals surface area contributed by atoms with Gasteiger partial charge in [-0.15, -0.1) is 0 Å². The first-order chi connectivity index (χ1) is 14.7. The van der Waals surface area contributed by atoms with E-state index in [1.165, 1.54) is 7.11 Å². The number of nitrogens with zero attached hydrogens (tertiary/aromatic N) is 3. The van der Waals surface area contributed by atoms with Crippen LogP contribution >= 0.6 is 0 Å². The summed E-state index contributed by atoms with van der Waals surface area (Å²) in [6.45, 7) is -1.17. The molecule has 10 heteroatoms. The minimum Gasteiger partial charge on any atom is -0.496 e. The second-order valence-corrected chi connectivity index (χ2v) is 6.57. The van der Waals surface area contributed by atoms with Crippen LogP contribution in [0, 0.1) is 11.3 Å². The number of ether oxygens (including phenoxy) is 1. The summed E-state index contributed by atoms with van der Waals surface area (Å²) in [6.07, 6.45) is -4.52. The molecule has 0 bridgehead atoms. The molecule has 0 fully saturated rings. The summed E-state index contributed by atoms with van der Waals surface area (Å²) in [6, 6.07) is 15.2. The van der Waals surface area contributed by atoms with Crippen LogP contribution in [0.2, 0.25) is 0 Å². The maximum absolute atomic E-state index is 12.7. The number of amides is 1. The van der Waals surface area contributed by atoms with E-state index in [9.17, 15) is 23.2 Å². The van der Waals surface area contributed by atoms with Gasteiger partial charge in [0.1, 0.15) is 35.4 Å². The van der Waals surface area contributed by atoms with Gasteiger partial charge in [0.15, 0.2) is 0 Å². The number of halogens is 3. The van der Waals surface area contributed by atoms with Crippen LogP contribution in [0.1, 0.15) is 21.5 Å². The number of hydrogen-bond donors (Lipinski definition) is 2. The van der Waals surface area contributed by atoms with Crippen LogP contribution in [0.3, 0.4) is 0 Å². The van der Waals surface area contributed by atoms with Crippen molar-refractivity contribution < 1.29 is 22.7 Å². The average Bonchev–Trinajstić information content (AvgIpc) is 3.06. The number of hydrogen-bond acceptors (Lipinski definition) is 5. The molecule has 0 aliphatic heterocycles. The Morgan fingerprint density at radius 2 is 1.90 bits per heavy atom. The Hall–Kier alpha value is -4.00. The SMILES string of the molecule is COc1ccccc1C(=O)NCc1ccc(-c2nn(CC(F)(F)F)c(N)c2C#N)cc1. The summed E-state index contributed by atoms with van der Waals surface area (Å²) in [4.78, 5) is 12.4. The van der Waals surface area contributed by atoms with Gasteiger partial charge in [-0.25, -0.2) is 4.68 Å². The molecule has 3 N–H and O–H groups in total. The summed E-state index contributed by atoms with van der Waals surface area (Å²) in [5, 5.41) is 15.9. The summed E-state index contributed by atoms with van der Waals surface area (Å²) in [5.74, 6) is -0.207. The number of nitrogen functional groups attached to an aromatic ring is 1. The number of methoxy groups -OCH3 is 1. The van der Waals surface area contributed by atoms with Crippen molar-refractivity contribution in [2.24, 2.45) is 0 Å². The summed E-state index contributed by atoms with van der Waals surface area (Å²) >= 11 is 0. The Morgan fingerprint density at radius 1 is 1.23 bits per heavy atom. The number of para-hydroxylation sites is 1. The van der Waals surface area contributed by atoms with Gasteiger partial charge in [-0.3, -0.25) is 4.79 Å². The smallest absolute Gasteiger partial charge is 0.408 e. The molecule has 1 aromatic heterocycles. The molecule has 0 aliphatic rings. The van der Waals surface area contributed by atoms with E-state index in [1.807, 2.05) is 6.07 Å². The highest BCUT2D eigenvalue weighted by Crippen LogP contribution is 2.29. The number of anilines is 1. The first-order valence-corrected chi connectivity index (χ1v) is 9.07. The quantitative estimate of drug-likeness (QED) is 0.624. The largest absolute Gasteiger partial charge is 0.496 e. The molecule has 0 spiro atoms. The van der Waals surface area contributed by atoms with Gasteiger partial charge in [-0.1, -0.05) is 36.4 Å².